The third kappa shape index (κ3) is 5.10. The van der Waals surface area contributed by atoms with Gasteiger partial charge >= 0.3 is 0 Å². The Morgan fingerprint density at radius 3 is 2.04 bits per heavy atom. The minimum Gasteiger partial charge on any atom is -0.324 e. The van der Waals surface area contributed by atoms with Crippen molar-refractivity contribution in [3.63, 3.8) is 0 Å². The molecule has 0 bridgehead atoms. The summed E-state index contributed by atoms with van der Waals surface area (Å²) in [4.78, 5) is 12.7. The maximum absolute atomic E-state index is 12.7. The van der Waals surface area contributed by atoms with Gasteiger partial charge in [0, 0.05) is 5.69 Å². The molecule has 0 saturated heterocycles. The fourth-order valence-electron chi connectivity index (χ4n) is 2.87. The van der Waals surface area contributed by atoms with Crippen LogP contribution in [0.4, 0.5) is 11.4 Å². The summed E-state index contributed by atoms with van der Waals surface area (Å²) >= 11 is 0. The van der Waals surface area contributed by atoms with Gasteiger partial charge in [-0.1, -0.05) is 32.0 Å². The van der Waals surface area contributed by atoms with E-state index in [9.17, 15) is 13.2 Å². The molecule has 0 fully saturated rings. The molecule has 1 amide bonds. The van der Waals surface area contributed by atoms with E-state index in [-0.39, 0.29) is 5.91 Å². The normalized spacial score (nSPS) is 12.7. The van der Waals surface area contributed by atoms with E-state index in [2.05, 4.69) is 19.2 Å². The zero-order valence-electron chi connectivity index (χ0n) is 16.8. The van der Waals surface area contributed by atoms with Gasteiger partial charge in [-0.15, -0.1) is 0 Å². The third-order valence-corrected chi connectivity index (χ3v) is 5.92. The molecule has 2 aromatic rings. The van der Waals surface area contributed by atoms with Gasteiger partial charge in [0.05, 0.1) is 11.9 Å². The molecule has 27 heavy (non-hydrogen) atoms. The van der Waals surface area contributed by atoms with Crippen LogP contribution in [0.25, 0.3) is 0 Å². The molecule has 0 heterocycles. The number of rotatable bonds is 6. The number of carbonyl (C=O) groups excluding carboxylic acids is 1. The summed E-state index contributed by atoms with van der Waals surface area (Å²) in [6, 6.07) is 12.1. The molecule has 0 aliphatic carbocycles. The second kappa shape index (κ2) is 8.13. The summed E-state index contributed by atoms with van der Waals surface area (Å²) in [6.45, 7) is 9.67. The number of anilines is 2. The number of nitrogens with one attached hydrogen (secondary N) is 1. The zero-order chi connectivity index (χ0) is 20.4. The molecule has 0 radical (unpaired) electrons. The van der Waals surface area contributed by atoms with E-state index >= 15 is 0 Å². The standard InChI is InChI=1S/C21H28N2O3S/c1-14(2)18-8-10-19(11-9-18)22-21(24)17(5)23(27(6,25)26)20-12-7-15(3)16(4)13-20/h7-14,17H,1-6H3,(H,22,24). The van der Waals surface area contributed by atoms with Crippen molar-refractivity contribution in [2.75, 3.05) is 15.9 Å². The fraction of sp³-hybridized carbons (Fsp3) is 0.381. The molecule has 2 aromatic carbocycles. The maximum Gasteiger partial charge on any atom is 0.247 e. The molecule has 146 valence electrons. The van der Waals surface area contributed by atoms with Crippen LogP contribution in [-0.2, 0) is 14.8 Å². The van der Waals surface area contributed by atoms with Crippen LogP contribution in [-0.4, -0.2) is 26.6 Å². The molecule has 1 atom stereocenters. The van der Waals surface area contributed by atoms with Gasteiger partial charge in [0.15, 0.2) is 0 Å². The number of hydrogen-bond acceptors (Lipinski definition) is 3. The summed E-state index contributed by atoms with van der Waals surface area (Å²) < 4.78 is 25.9. The summed E-state index contributed by atoms with van der Waals surface area (Å²) in [5.74, 6) is 0.0233. The van der Waals surface area contributed by atoms with Crippen molar-refractivity contribution in [1.82, 2.24) is 0 Å². The van der Waals surface area contributed by atoms with Crippen LogP contribution in [0.15, 0.2) is 42.5 Å². The lowest BCUT2D eigenvalue weighted by Crippen LogP contribution is -2.45. The predicted octanol–water partition coefficient (Wildman–Crippen LogP) is 4.22. The molecule has 0 spiro atoms. The van der Waals surface area contributed by atoms with Crippen LogP contribution in [0.5, 0.6) is 0 Å². The Morgan fingerprint density at radius 2 is 1.56 bits per heavy atom. The van der Waals surface area contributed by atoms with E-state index in [4.69, 9.17) is 0 Å². The minimum absolute atomic E-state index is 0.379. The third-order valence-electron chi connectivity index (χ3n) is 4.68. The summed E-state index contributed by atoms with van der Waals surface area (Å²) in [5, 5.41) is 2.81. The van der Waals surface area contributed by atoms with E-state index in [1.54, 1.807) is 19.1 Å². The smallest absolute Gasteiger partial charge is 0.247 e. The molecular weight excluding hydrogens is 360 g/mol. The first-order valence-corrected chi connectivity index (χ1v) is 10.8. The highest BCUT2D eigenvalue weighted by atomic mass is 32.2. The maximum atomic E-state index is 12.7. The Bertz CT molecular complexity index is 919. The van der Waals surface area contributed by atoms with Crippen molar-refractivity contribution in [2.24, 2.45) is 0 Å². The Hall–Kier alpha value is -2.34. The van der Waals surface area contributed by atoms with Gasteiger partial charge in [0.25, 0.3) is 0 Å². The van der Waals surface area contributed by atoms with Gasteiger partial charge < -0.3 is 5.32 Å². The lowest BCUT2D eigenvalue weighted by atomic mass is 10.0. The number of nitrogens with zero attached hydrogens (tertiary/aromatic N) is 1. The number of carbonyl (C=O) groups is 1. The Balaban J connectivity index is 2.28. The lowest BCUT2D eigenvalue weighted by Gasteiger charge is -2.28. The van der Waals surface area contributed by atoms with Crippen LogP contribution in [0.1, 0.15) is 43.4 Å². The lowest BCUT2D eigenvalue weighted by molar-refractivity contribution is -0.116. The van der Waals surface area contributed by atoms with Gasteiger partial charge in [-0.2, -0.15) is 0 Å². The van der Waals surface area contributed by atoms with Crippen LogP contribution < -0.4 is 9.62 Å². The van der Waals surface area contributed by atoms with Crippen molar-refractivity contribution < 1.29 is 13.2 Å². The number of sulfonamides is 1. The molecule has 0 aliphatic heterocycles. The van der Waals surface area contributed by atoms with Gasteiger partial charge in [0.2, 0.25) is 15.9 Å². The van der Waals surface area contributed by atoms with Gasteiger partial charge in [-0.3, -0.25) is 9.10 Å². The number of aryl methyl sites for hydroxylation is 2. The van der Waals surface area contributed by atoms with E-state index in [0.717, 1.165) is 21.7 Å². The highest BCUT2D eigenvalue weighted by Gasteiger charge is 2.29. The molecular formula is C21H28N2O3S. The molecule has 1 unspecified atom stereocenters. The molecule has 2 rings (SSSR count). The molecule has 0 aliphatic rings. The second-order valence-electron chi connectivity index (χ2n) is 7.27. The van der Waals surface area contributed by atoms with Gasteiger partial charge in [-0.25, -0.2) is 8.42 Å². The van der Waals surface area contributed by atoms with Crippen molar-refractivity contribution in [3.05, 3.63) is 59.2 Å². The van der Waals surface area contributed by atoms with Crippen LogP contribution in [0, 0.1) is 13.8 Å². The van der Waals surface area contributed by atoms with Gasteiger partial charge in [-0.05, 0) is 67.6 Å². The summed E-state index contributed by atoms with van der Waals surface area (Å²) in [5.41, 5.74) is 4.34. The number of hydrogen-bond donors (Lipinski definition) is 1. The summed E-state index contributed by atoms with van der Waals surface area (Å²) in [6.07, 6.45) is 1.11. The highest BCUT2D eigenvalue weighted by Crippen LogP contribution is 2.24. The van der Waals surface area contributed by atoms with E-state index in [1.165, 1.54) is 5.56 Å². The van der Waals surface area contributed by atoms with Gasteiger partial charge in [0.1, 0.15) is 6.04 Å². The molecule has 0 aromatic heterocycles. The van der Waals surface area contributed by atoms with Crippen LogP contribution in [0.2, 0.25) is 0 Å². The fourth-order valence-corrected chi connectivity index (χ4v) is 4.04. The van der Waals surface area contributed by atoms with Crippen LogP contribution >= 0.6 is 0 Å². The minimum atomic E-state index is -3.63. The van der Waals surface area contributed by atoms with E-state index in [1.807, 2.05) is 44.2 Å². The number of benzene rings is 2. The Kier molecular flexibility index (Phi) is 6.31. The first-order chi connectivity index (χ1) is 12.5. The first-order valence-electron chi connectivity index (χ1n) is 8.98. The Morgan fingerprint density at radius 1 is 0.963 bits per heavy atom. The van der Waals surface area contributed by atoms with Crippen molar-refractivity contribution in [3.8, 4) is 0 Å². The SMILES string of the molecule is Cc1ccc(N(C(C)C(=O)Nc2ccc(C(C)C)cc2)S(C)(=O)=O)cc1C. The van der Waals surface area contributed by atoms with E-state index < -0.39 is 16.1 Å². The largest absolute Gasteiger partial charge is 0.324 e. The molecule has 1 N–H and O–H groups in total. The first kappa shape index (κ1) is 21.0. The number of amides is 1. The quantitative estimate of drug-likeness (QED) is 0.806. The molecule has 6 heteroatoms. The van der Waals surface area contributed by atoms with Crippen molar-refractivity contribution in [2.45, 2.75) is 46.6 Å². The molecule has 5 nitrogen and oxygen atoms in total. The van der Waals surface area contributed by atoms with E-state index in [0.29, 0.717) is 17.3 Å². The zero-order valence-corrected chi connectivity index (χ0v) is 17.6. The van der Waals surface area contributed by atoms with Crippen molar-refractivity contribution >= 4 is 27.3 Å². The monoisotopic (exact) mass is 388 g/mol. The summed E-state index contributed by atoms with van der Waals surface area (Å²) in [7, 11) is -3.63. The average molecular weight is 389 g/mol. The highest BCUT2D eigenvalue weighted by molar-refractivity contribution is 7.92. The van der Waals surface area contributed by atoms with Crippen LogP contribution in [0.3, 0.4) is 0 Å². The predicted molar refractivity (Wildman–Crippen MR) is 112 cm³/mol. The molecule has 0 saturated carbocycles. The second-order valence-corrected chi connectivity index (χ2v) is 9.13. The topological polar surface area (TPSA) is 66.5 Å². The average Bonchev–Trinajstić information content (AvgIpc) is 2.57. The Labute approximate surface area is 162 Å². The van der Waals surface area contributed by atoms with Crippen molar-refractivity contribution in [1.29, 1.82) is 0 Å².